The van der Waals surface area contributed by atoms with Crippen LogP contribution in [0, 0.1) is 6.92 Å². The van der Waals surface area contributed by atoms with E-state index in [1.165, 1.54) is 6.07 Å². The molecule has 0 saturated carbocycles. The molecule has 2 N–H and O–H groups in total. The highest BCUT2D eigenvalue weighted by molar-refractivity contribution is 9.10. The van der Waals surface area contributed by atoms with Crippen molar-refractivity contribution in [2.24, 2.45) is 0 Å². The smallest absolute Gasteiger partial charge is 0.266 e. The number of carbonyl (C=O) groups is 1. The molecule has 110 valence electrons. The van der Waals surface area contributed by atoms with Crippen LogP contribution < -0.4 is 10.3 Å². The summed E-state index contributed by atoms with van der Waals surface area (Å²) in [5.41, 5.74) is 3.57. The first kappa shape index (κ1) is 15.7. The lowest BCUT2D eigenvalue weighted by Gasteiger charge is -2.09. The van der Waals surface area contributed by atoms with Gasteiger partial charge in [-0.2, -0.15) is 0 Å². The summed E-state index contributed by atoms with van der Waals surface area (Å²) in [5, 5.41) is 0. The molecule has 21 heavy (non-hydrogen) atoms. The molecule has 7 heteroatoms. The van der Waals surface area contributed by atoms with E-state index < -0.39 is 15.9 Å². The van der Waals surface area contributed by atoms with Gasteiger partial charge < -0.3 is 0 Å². The van der Waals surface area contributed by atoms with Crippen LogP contribution in [0.15, 0.2) is 57.9 Å². The first-order valence-corrected chi connectivity index (χ1v) is 8.31. The zero-order chi connectivity index (χ0) is 15.5. The fourth-order valence-electron chi connectivity index (χ4n) is 1.61. The van der Waals surface area contributed by atoms with Crippen molar-refractivity contribution in [3.63, 3.8) is 0 Å². The summed E-state index contributed by atoms with van der Waals surface area (Å²) in [6.07, 6.45) is 0. The molecule has 0 aliphatic rings. The molecule has 0 aromatic heterocycles. The predicted molar refractivity (Wildman–Crippen MR) is 83.1 cm³/mol. The minimum Gasteiger partial charge on any atom is -0.273 e. The van der Waals surface area contributed by atoms with Gasteiger partial charge in [-0.15, -0.1) is 4.83 Å². The molecule has 0 spiro atoms. The van der Waals surface area contributed by atoms with Crippen LogP contribution in [0.25, 0.3) is 0 Å². The monoisotopic (exact) mass is 368 g/mol. The van der Waals surface area contributed by atoms with Gasteiger partial charge in [0.15, 0.2) is 0 Å². The molecule has 2 rings (SSSR count). The number of halogens is 1. The fraction of sp³-hybridized carbons (Fsp3) is 0.0714. The summed E-state index contributed by atoms with van der Waals surface area (Å²) in [7, 11) is -3.83. The van der Waals surface area contributed by atoms with Crippen molar-refractivity contribution in [2.75, 3.05) is 0 Å². The number of amides is 1. The van der Waals surface area contributed by atoms with Crippen LogP contribution in [0.4, 0.5) is 0 Å². The van der Waals surface area contributed by atoms with Crippen LogP contribution >= 0.6 is 15.9 Å². The van der Waals surface area contributed by atoms with Gasteiger partial charge in [0.05, 0.1) is 4.90 Å². The lowest BCUT2D eigenvalue weighted by molar-refractivity contribution is 0.0945. The molecule has 0 heterocycles. The van der Waals surface area contributed by atoms with Crippen LogP contribution in [0.1, 0.15) is 15.9 Å². The number of rotatable bonds is 4. The van der Waals surface area contributed by atoms with Gasteiger partial charge in [-0.25, -0.2) is 8.42 Å². The zero-order valence-electron chi connectivity index (χ0n) is 11.1. The Morgan fingerprint density at radius 1 is 1.05 bits per heavy atom. The summed E-state index contributed by atoms with van der Waals surface area (Å²) in [5.74, 6) is -0.523. The first-order valence-electron chi connectivity index (χ1n) is 6.03. The molecule has 0 atom stereocenters. The highest BCUT2D eigenvalue weighted by atomic mass is 79.9. The van der Waals surface area contributed by atoms with Crippen LogP contribution in [-0.4, -0.2) is 14.3 Å². The van der Waals surface area contributed by atoms with E-state index in [9.17, 15) is 13.2 Å². The maximum absolute atomic E-state index is 12.1. The second-order valence-electron chi connectivity index (χ2n) is 4.36. The number of hydrogen-bond acceptors (Lipinski definition) is 3. The first-order chi connectivity index (χ1) is 9.90. The van der Waals surface area contributed by atoms with Crippen molar-refractivity contribution in [3.8, 4) is 0 Å². The summed E-state index contributed by atoms with van der Waals surface area (Å²) in [6.45, 7) is 1.90. The van der Waals surface area contributed by atoms with Gasteiger partial charge in [0.2, 0.25) is 0 Å². The van der Waals surface area contributed by atoms with Crippen LogP contribution in [-0.2, 0) is 10.0 Å². The van der Waals surface area contributed by atoms with Crippen LogP contribution in [0.5, 0.6) is 0 Å². The molecule has 5 nitrogen and oxygen atoms in total. The molecule has 0 bridgehead atoms. The van der Waals surface area contributed by atoms with Crippen molar-refractivity contribution < 1.29 is 13.2 Å². The van der Waals surface area contributed by atoms with E-state index in [0.717, 1.165) is 5.56 Å². The minimum absolute atomic E-state index is 0.0502. The number of benzene rings is 2. The van der Waals surface area contributed by atoms with Gasteiger partial charge in [-0.1, -0.05) is 29.8 Å². The Morgan fingerprint density at radius 2 is 1.67 bits per heavy atom. The number of sulfonamides is 1. The quantitative estimate of drug-likeness (QED) is 0.813. The number of nitrogens with one attached hydrogen (secondary N) is 2. The van der Waals surface area contributed by atoms with Gasteiger partial charge in [-0.3, -0.25) is 10.2 Å². The SMILES string of the molecule is Cc1ccc(C(=O)NNS(=O)(=O)c2ccccc2Br)cc1. The Labute approximate surface area is 131 Å². The summed E-state index contributed by atoms with van der Waals surface area (Å²) < 4.78 is 24.6. The average molecular weight is 369 g/mol. The fourth-order valence-corrected chi connectivity index (χ4v) is 3.45. The van der Waals surface area contributed by atoms with E-state index in [1.807, 2.05) is 6.92 Å². The molecule has 0 fully saturated rings. The molecular weight excluding hydrogens is 356 g/mol. The second-order valence-corrected chi connectivity index (χ2v) is 6.86. The van der Waals surface area contributed by atoms with Gasteiger partial charge in [0, 0.05) is 10.0 Å². The average Bonchev–Trinajstić information content (AvgIpc) is 2.46. The van der Waals surface area contributed by atoms with Crippen LogP contribution in [0.3, 0.4) is 0 Å². The summed E-state index contributed by atoms with van der Waals surface area (Å²) in [4.78, 5) is 14.0. The van der Waals surface area contributed by atoms with E-state index in [2.05, 4.69) is 26.2 Å². The van der Waals surface area contributed by atoms with E-state index in [0.29, 0.717) is 10.0 Å². The summed E-state index contributed by atoms with van der Waals surface area (Å²) in [6, 6.07) is 13.1. The lowest BCUT2D eigenvalue weighted by atomic mass is 10.1. The maximum atomic E-state index is 12.1. The molecule has 0 radical (unpaired) electrons. The van der Waals surface area contributed by atoms with Crippen molar-refractivity contribution in [2.45, 2.75) is 11.8 Å². The third-order valence-corrected chi connectivity index (χ3v) is 5.00. The minimum atomic E-state index is -3.83. The zero-order valence-corrected chi connectivity index (χ0v) is 13.5. The molecule has 0 aliphatic heterocycles. The number of hydrazine groups is 1. The Balaban J connectivity index is 2.10. The van der Waals surface area contributed by atoms with Gasteiger partial charge in [-0.05, 0) is 47.1 Å². The number of aryl methyl sites for hydroxylation is 1. The third-order valence-electron chi connectivity index (χ3n) is 2.74. The molecule has 1 amide bonds. The molecule has 0 aliphatic carbocycles. The Hall–Kier alpha value is -1.70. The Bertz CT molecular complexity index is 758. The highest BCUT2D eigenvalue weighted by Gasteiger charge is 2.18. The predicted octanol–water partition coefficient (Wildman–Crippen LogP) is 2.38. The number of hydrogen-bond donors (Lipinski definition) is 2. The topological polar surface area (TPSA) is 75.3 Å². The lowest BCUT2D eigenvalue weighted by Crippen LogP contribution is -2.41. The maximum Gasteiger partial charge on any atom is 0.266 e. The second kappa shape index (κ2) is 6.38. The van der Waals surface area contributed by atoms with E-state index >= 15 is 0 Å². The molecule has 2 aromatic rings. The highest BCUT2D eigenvalue weighted by Crippen LogP contribution is 2.20. The summed E-state index contributed by atoms with van der Waals surface area (Å²) >= 11 is 3.16. The van der Waals surface area contributed by atoms with Crippen molar-refractivity contribution in [3.05, 3.63) is 64.1 Å². The number of carbonyl (C=O) groups excluding carboxylic acids is 1. The van der Waals surface area contributed by atoms with Gasteiger partial charge in [0.1, 0.15) is 0 Å². The molecule has 0 unspecified atom stereocenters. The third kappa shape index (κ3) is 3.90. The van der Waals surface area contributed by atoms with Crippen molar-refractivity contribution in [1.29, 1.82) is 0 Å². The Morgan fingerprint density at radius 3 is 2.29 bits per heavy atom. The van der Waals surface area contributed by atoms with E-state index in [4.69, 9.17) is 0 Å². The largest absolute Gasteiger partial charge is 0.273 e. The van der Waals surface area contributed by atoms with Crippen molar-refractivity contribution in [1.82, 2.24) is 10.3 Å². The standard InChI is InChI=1S/C14H13BrN2O3S/c1-10-6-8-11(9-7-10)14(18)16-17-21(19,20)13-5-3-2-4-12(13)15/h2-9,17H,1H3,(H,16,18). The molecular formula is C14H13BrN2O3S. The van der Waals surface area contributed by atoms with E-state index in [1.54, 1.807) is 42.5 Å². The molecule has 2 aromatic carbocycles. The van der Waals surface area contributed by atoms with Crippen LogP contribution in [0.2, 0.25) is 0 Å². The van der Waals surface area contributed by atoms with Gasteiger partial charge >= 0.3 is 0 Å². The Kier molecular flexibility index (Phi) is 4.76. The normalized spacial score (nSPS) is 11.1. The molecule has 0 saturated heterocycles. The van der Waals surface area contributed by atoms with E-state index in [-0.39, 0.29) is 4.90 Å². The van der Waals surface area contributed by atoms with Gasteiger partial charge in [0.25, 0.3) is 15.9 Å². The van der Waals surface area contributed by atoms with Crippen molar-refractivity contribution >= 4 is 31.9 Å².